The molecule has 1 N–H and O–H groups in total. The molecule has 0 aromatic rings. The minimum atomic E-state index is -0.691. The van der Waals surface area contributed by atoms with Gasteiger partial charge in [0.25, 0.3) is 0 Å². The van der Waals surface area contributed by atoms with Crippen molar-refractivity contribution in [3.63, 3.8) is 0 Å². The minimum Gasteiger partial charge on any atom is -0.481 e. The van der Waals surface area contributed by atoms with E-state index in [1.165, 1.54) is 0 Å². The Balaban J connectivity index is 3.44. The van der Waals surface area contributed by atoms with Crippen molar-refractivity contribution in [1.29, 1.82) is 0 Å². The molecule has 0 fully saturated rings. The molecule has 2 heteroatoms. The van der Waals surface area contributed by atoms with E-state index in [-0.39, 0.29) is 5.92 Å². The van der Waals surface area contributed by atoms with Gasteiger partial charge in [0.15, 0.2) is 0 Å². The third-order valence-electron chi connectivity index (χ3n) is 1.77. The molecule has 0 heterocycles. The van der Waals surface area contributed by atoms with Crippen molar-refractivity contribution in [3.8, 4) is 0 Å². The quantitative estimate of drug-likeness (QED) is 0.601. The minimum absolute atomic E-state index is 0.235. The molecule has 0 aliphatic heterocycles. The van der Waals surface area contributed by atoms with Crippen molar-refractivity contribution >= 4 is 5.97 Å². The monoisotopic (exact) mass is 157 g/mol. The SMILES string of the molecule is CCCC[CH]C(CC)C(=O)O. The van der Waals surface area contributed by atoms with Gasteiger partial charge in [0, 0.05) is 0 Å². The Morgan fingerprint density at radius 3 is 2.55 bits per heavy atom. The second-order valence-electron chi connectivity index (χ2n) is 2.73. The number of hydrogen-bond donors (Lipinski definition) is 1. The van der Waals surface area contributed by atoms with Gasteiger partial charge in [0.1, 0.15) is 0 Å². The molecule has 0 bridgehead atoms. The van der Waals surface area contributed by atoms with E-state index >= 15 is 0 Å². The van der Waals surface area contributed by atoms with Crippen molar-refractivity contribution in [2.75, 3.05) is 0 Å². The highest BCUT2D eigenvalue weighted by atomic mass is 16.4. The molecule has 0 aliphatic carbocycles. The van der Waals surface area contributed by atoms with Gasteiger partial charge >= 0.3 is 5.97 Å². The lowest BCUT2D eigenvalue weighted by Gasteiger charge is -2.07. The van der Waals surface area contributed by atoms with Gasteiger partial charge in [-0.15, -0.1) is 0 Å². The number of unbranched alkanes of at least 4 members (excludes halogenated alkanes) is 2. The fourth-order valence-corrected chi connectivity index (χ4v) is 0.965. The van der Waals surface area contributed by atoms with Crippen LogP contribution in [0, 0.1) is 12.3 Å². The zero-order chi connectivity index (χ0) is 8.69. The molecule has 0 aromatic heterocycles. The van der Waals surface area contributed by atoms with E-state index in [4.69, 9.17) is 5.11 Å². The topological polar surface area (TPSA) is 37.3 Å². The van der Waals surface area contributed by atoms with E-state index < -0.39 is 5.97 Å². The van der Waals surface area contributed by atoms with Gasteiger partial charge in [-0.05, 0) is 19.3 Å². The number of carboxylic acids is 1. The molecule has 2 nitrogen and oxygen atoms in total. The Labute approximate surface area is 68.6 Å². The number of carboxylic acid groups (broad SMARTS) is 1. The van der Waals surface area contributed by atoms with Crippen LogP contribution in [0.15, 0.2) is 0 Å². The smallest absolute Gasteiger partial charge is 0.306 e. The standard InChI is InChI=1S/C9H17O2/c1-3-5-6-7-8(4-2)9(10)11/h7-8H,3-6H2,1-2H3,(H,10,11). The average Bonchev–Trinajstić information content (AvgIpc) is 1.97. The van der Waals surface area contributed by atoms with E-state index in [1.54, 1.807) is 0 Å². The van der Waals surface area contributed by atoms with Crippen molar-refractivity contribution < 1.29 is 9.90 Å². The van der Waals surface area contributed by atoms with Crippen LogP contribution in [-0.4, -0.2) is 11.1 Å². The van der Waals surface area contributed by atoms with Crippen molar-refractivity contribution in [2.45, 2.75) is 39.5 Å². The summed E-state index contributed by atoms with van der Waals surface area (Å²) in [6.07, 6.45) is 5.78. The van der Waals surface area contributed by atoms with Gasteiger partial charge in [-0.25, -0.2) is 0 Å². The fraction of sp³-hybridized carbons (Fsp3) is 0.778. The Hall–Kier alpha value is -0.530. The molecule has 0 aliphatic rings. The third kappa shape index (κ3) is 4.82. The number of rotatable bonds is 6. The third-order valence-corrected chi connectivity index (χ3v) is 1.77. The van der Waals surface area contributed by atoms with Crippen LogP contribution in [0.25, 0.3) is 0 Å². The van der Waals surface area contributed by atoms with Gasteiger partial charge < -0.3 is 5.11 Å². The molecule has 11 heavy (non-hydrogen) atoms. The number of carbonyl (C=O) groups is 1. The summed E-state index contributed by atoms with van der Waals surface area (Å²) >= 11 is 0. The van der Waals surface area contributed by atoms with E-state index in [0.717, 1.165) is 19.3 Å². The lowest BCUT2D eigenvalue weighted by atomic mass is 9.99. The predicted octanol–water partition coefficient (Wildman–Crippen LogP) is 2.49. The maximum absolute atomic E-state index is 10.5. The molecule has 65 valence electrons. The maximum atomic E-state index is 10.5. The van der Waals surface area contributed by atoms with Gasteiger partial charge in [0.2, 0.25) is 0 Å². The zero-order valence-corrected chi connectivity index (χ0v) is 7.34. The molecule has 0 rings (SSSR count). The molecule has 0 amide bonds. The van der Waals surface area contributed by atoms with Crippen molar-refractivity contribution in [3.05, 3.63) is 6.42 Å². The van der Waals surface area contributed by atoms with Crippen LogP contribution in [0.5, 0.6) is 0 Å². The lowest BCUT2D eigenvalue weighted by Crippen LogP contribution is -2.12. The second kappa shape index (κ2) is 6.20. The highest BCUT2D eigenvalue weighted by Gasteiger charge is 2.13. The first kappa shape index (κ1) is 10.5. The predicted molar refractivity (Wildman–Crippen MR) is 45.2 cm³/mol. The van der Waals surface area contributed by atoms with E-state index in [1.807, 2.05) is 13.3 Å². The first-order valence-electron chi connectivity index (χ1n) is 4.28. The molecule has 0 aromatic carbocycles. The molecule has 1 atom stereocenters. The first-order valence-corrected chi connectivity index (χ1v) is 4.28. The Morgan fingerprint density at radius 2 is 2.18 bits per heavy atom. The highest BCUT2D eigenvalue weighted by molar-refractivity contribution is 5.71. The molecular formula is C9H17O2. The van der Waals surface area contributed by atoms with Gasteiger partial charge in [0.05, 0.1) is 5.92 Å². The Morgan fingerprint density at radius 1 is 1.55 bits per heavy atom. The molecule has 0 saturated heterocycles. The van der Waals surface area contributed by atoms with Crippen LogP contribution < -0.4 is 0 Å². The lowest BCUT2D eigenvalue weighted by molar-refractivity contribution is -0.140. The van der Waals surface area contributed by atoms with Crippen LogP contribution in [-0.2, 0) is 4.79 Å². The van der Waals surface area contributed by atoms with Crippen molar-refractivity contribution in [1.82, 2.24) is 0 Å². The van der Waals surface area contributed by atoms with Gasteiger partial charge in [-0.1, -0.05) is 26.7 Å². The summed E-state index contributed by atoms with van der Waals surface area (Å²) in [5, 5.41) is 8.64. The van der Waals surface area contributed by atoms with E-state index in [9.17, 15) is 4.79 Å². The van der Waals surface area contributed by atoms with Crippen molar-refractivity contribution in [2.24, 2.45) is 5.92 Å². The molecule has 1 radical (unpaired) electrons. The summed E-state index contributed by atoms with van der Waals surface area (Å²) in [6.45, 7) is 4.01. The van der Waals surface area contributed by atoms with Crippen LogP contribution in [0.1, 0.15) is 39.5 Å². The molecular weight excluding hydrogens is 140 g/mol. The van der Waals surface area contributed by atoms with Crippen LogP contribution in [0.4, 0.5) is 0 Å². The second-order valence-corrected chi connectivity index (χ2v) is 2.73. The van der Waals surface area contributed by atoms with Crippen LogP contribution >= 0.6 is 0 Å². The summed E-state index contributed by atoms with van der Waals surface area (Å²) in [4.78, 5) is 10.5. The van der Waals surface area contributed by atoms with Crippen LogP contribution in [0.2, 0.25) is 0 Å². The first-order chi connectivity index (χ1) is 5.22. The summed E-state index contributed by atoms with van der Waals surface area (Å²) in [5.41, 5.74) is 0. The highest BCUT2D eigenvalue weighted by Crippen LogP contribution is 2.11. The molecule has 1 unspecified atom stereocenters. The molecule has 0 spiro atoms. The fourth-order valence-electron chi connectivity index (χ4n) is 0.965. The number of aliphatic carboxylic acids is 1. The largest absolute Gasteiger partial charge is 0.481 e. The zero-order valence-electron chi connectivity index (χ0n) is 7.34. The van der Waals surface area contributed by atoms with E-state index in [0.29, 0.717) is 6.42 Å². The number of hydrogen-bond acceptors (Lipinski definition) is 1. The summed E-state index contributed by atoms with van der Waals surface area (Å²) < 4.78 is 0. The maximum Gasteiger partial charge on any atom is 0.306 e. The van der Waals surface area contributed by atoms with Gasteiger partial charge in [-0.3, -0.25) is 4.79 Å². The summed E-state index contributed by atoms with van der Waals surface area (Å²) in [7, 11) is 0. The van der Waals surface area contributed by atoms with Gasteiger partial charge in [-0.2, -0.15) is 0 Å². The molecule has 0 saturated carbocycles. The Kier molecular flexibility index (Phi) is 5.90. The summed E-state index contributed by atoms with van der Waals surface area (Å²) in [5.74, 6) is -0.926. The summed E-state index contributed by atoms with van der Waals surface area (Å²) in [6, 6.07) is 0. The van der Waals surface area contributed by atoms with Crippen LogP contribution in [0.3, 0.4) is 0 Å². The Bertz CT molecular complexity index is 110. The van der Waals surface area contributed by atoms with E-state index in [2.05, 4.69) is 6.92 Å². The normalized spacial score (nSPS) is 12.9. The average molecular weight is 157 g/mol.